The number of aromatic amines is 1. The fraction of sp³-hybridized carbons (Fsp3) is 0.250. The SMILES string of the molecule is Cc1ccc2[nH]c3c(c2c1)CCN(C(=O)CNCCc1ccccc1)C3c1cccc(O)c1. The summed E-state index contributed by atoms with van der Waals surface area (Å²) >= 11 is 0. The van der Waals surface area contributed by atoms with Gasteiger partial charge in [0, 0.05) is 23.1 Å². The first-order chi connectivity index (χ1) is 16.1. The van der Waals surface area contributed by atoms with Crippen molar-refractivity contribution in [2.45, 2.75) is 25.8 Å². The average molecular weight is 440 g/mol. The predicted molar refractivity (Wildman–Crippen MR) is 131 cm³/mol. The molecule has 1 amide bonds. The smallest absolute Gasteiger partial charge is 0.237 e. The molecule has 5 nitrogen and oxygen atoms in total. The quantitative estimate of drug-likeness (QED) is 0.388. The van der Waals surface area contributed by atoms with Gasteiger partial charge < -0.3 is 20.3 Å². The van der Waals surface area contributed by atoms with Crippen LogP contribution in [-0.4, -0.2) is 40.5 Å². The number of carbonyl (C=O) groups is 1. The summed E-state index contributed by atoms with van der Waals surface area (Å²) in [7, 11) is 0. The van der Waals surface area contributed by atoms with Crippen LogP contribution < -0.4 is 5.32 Å². The van der Waals surface area contributed by atoms with E-state index in [2.05, 4.69) is 47.6 Å². The van der Waals surface area contributed by atoms with E-state index in [1.165, 1.54) is 22.1 Å². The topological polar surface area (TPSA) is 68.4 Å². The summed E-state index contributed by atoms with van der Waals surface area (Å²) in [6, 6.07) is 23.7. The van der Waals surface area contributed by atoms with Crippen molar-refractivity contribution in [1.82, 2.24) is 15.2 Å². The van der Waals surface area contributed by atoms with Crippen LogP contribution in [0.4, 0.5) is 0 Å². The molecule has 0 saturated carbocycles. The third-order valence-corrected chi connectivity index (χ3v) is 6.50. The number of fused-ring (bicyclic) bond motifs is 3. The second-order valence-electron chi connectivity index (χ2n) is 8.81. The number of aryl methyl sites for hydroxylation is 1. The van der Waals surface area contributed by atoms with Crippen LogP contribution in [0.5, 0.6) is 5.75 Å². The Morgan fingerprint density at radius 1 is 1.09 bits per heavy atom. The molecule has 0 bridgehead atoms. The number of rotatable bonds is 6. The van der Waals surface area contributed by atoms with Crippen molar-refractivity contribution in [2.24, 2.45) is 0 Å². The second kappa shape index (κ2) is 9.12. The summed E-state index contributed by atoms with van der Waals surface area (Å²) in [5, 5.41) is 14.7. The van der Waals surface area contributed by atoms with Crippen LogP contribution in [0.25, 0.3) is 10.9 Å². The van der Waals surface area contributed by atoms with Crippen LogP contribution in [0.2, 0.25) is 0 Å². The van der Waals surface area contributed by atoms with Gasteiger partial charge in [-0.2, -0.15) is 0 Å². The molecule has 4 aromatic rings. The maximum atomic E-state index is 13.3. The van der Waals surface area contributed by atoms with E-state index in [1.807, 2.05) is 35.2 Å². The third-order valence-electron chi connectivity index (χ3n) is 6.50. The van der Waals surface area contributed by atoms with E-state index in [0.717, 1.165) is 36.2 Å². The van der Waals surface area contributed by atoms with Crippen molar-refractivity contribution in [3.63, 3.8) is 0 Å². The van der Waals surface area contributed by atoms with Crippen LogP contribution in [-0.2, 0) is 17.6 Å². The van der Waals surface area contributed by atoms with Crippen LogP contribution >= 0.6 is 0 Å². The zero-order valence-corrected chi connectivity index (χ0v) is 18.8. The number of amides is 1. The standard InChI is InChI=1S/C28H29N3O2/c1-19-10-11-25-24(16-19)23-13-15-31(26(33)18-29-14-12-20-6-3-2-4-7-20)28(27(23)30-25)21-8-5-9-22(32)17-21/h2-11,16-17,28-30,32H,12-15,18H2,1H3. The molecule has 1 aliphatic heterocycles. The lowest BCUT2D eigenvalue weighted by molar-refractivity contribution is -0.132. The Bertz CT molecular complexity index is 1280. The number of aromatic nitrogens is 1. The lowest BCUT2D eigenvalue weighted by Crippen LogP contribution is -2.44. The van der Waals surface area contributed by atoms with Crippen LogP contribution in [0.3, 0.4) is 0 Å². The molecule has 5 rings (SSSR count). The van der Waals surface area contributed by atoms with Crippen molar-refractivity contribution in [3.8, 4) is 5.75 Å². The molecule has 0 saturated heterocycles. The lowest BCUT2D eigenvalue weighted by Gasteiger charge is -2.36. The molecule has 168 valence electrons. The van der Waals surface area contributed by atoms with Crippen LogP contribution in [0.1, 0.15) is 34.0 Å². The summed E-state index contributed by atoms with van der Waals surface area (Å²) in [5.74, 6) is 0.275. The van der Waals surface area contributed by atoms with Crippen molar-refractivity contribution in [1.29, 1.82) is 0 Å². The summed E-state index contributed by atoms with van der Waals surface area (Å²) in [6.07, 6.45) is 1.69. The van der Waals surface area contributed by atoms with Gasteiger partial charge in [0.15, 0.2) is 0 Å². The summed E-state index contributed by atoms with van der Waals surface area (Å²) in [6.45, 7) is 3.78. The molecule has 0 spiro atoms. The number of nitrogens with one attached hydrogen (secondary N) is 2. The van der Waals surface area contributed by atoms with Gasteiger partial charge in [-0.25, -0.2) is 0 Å². The van der Waals surface area contributed by atoms with Gasteiger partial charge in [-0.3, -0.25) is 4.79 Å². The van der Waals surface area contributed by atoms with Crippen LogP contribution in [0, 0.1) is 6.92 Å². The van der Waals surface area contributed by atoms with Gasteiger partial charge in [-0.1, -0.05) is 54.1 Å². The van der Waals surface area contributed by atoms with Gasteiger partial charge in [0.1, 0.15) is 5.75 Å². The highest BCUT2D eigenvalue weighted by Gasteiger charge is 2.34. The maximum absolute atomic E-state index is 13.3. The summed E-state index contributed by atoms with van der Waals surface area (Å²) in [5.41, 5.74) is 6.79. The zero-order valence-electron chi connectivity index (χ0n) is 18.8. The molecule has 3 N–H and O–H groups in total. The Balaban J connectivity index is 1.40. The largest absolute Gasteiger partial charge is 0.508 e. The molecule has 3 aromatic carbocycles. The van der Waals surface area contributed by atoms with Crippen molar-refractivity contribution in [2.75, 3.05) is 19.6 Å². The van der Waals surface area contributed by atoms with E-state index in [9.17, 15) is 9.90 Å². The number of H-pyrrole nitrogens is 1. The molecule has 5 heteroatoms. The maximum Gasteiger partial charge on any atom is 0.237 e. The number of carbonyl (C=O) groups excluding carboxylic acids is 1. The number of phenols is 1. The fourth-order valence-corrected chi connectivity index (χ4v) is 4.89. The normalized spacial score (nSPS) is 15.5. The molecule has 1 aromatic heterocycles. The molecular weight excluding hydrogens is 410 g/mol. The van der Waals surface area contributed by atoms with Gasteiger partial charge in [0.2, 0.25) is 5.91 Å². The molecule has 2 heterocycles. The lowest BCUT2D eigenvalue weighted by atomic mass is 9.92. The predicted octanol–water partition coefficient (Wildman–Crippen LogP) is 4.49. The Kier molecular flexibility index (Phi) is 5.88. The molecule has 0 radical (unpaired) electrons. The minimum absolute atomic E-state index is 0.0666. The van der Waals surface area contributed by atoms with Gasteiger partial charge in [0.05, 0.1) is 12.6 Å². The van der Waals surface area contributed by atoms with Gasteiger partial charge in [0.25, 0.3) is 0 Å². The average Bonchev–Trinajstić information content (AvgIpc) is 3.19. The van der Waals surface area contributed by atoms with Gasteiger partial charge >= 0.3 is 0 Å². The molecule has 0 aliphatic carbocycles. The molecule has 1 atom stereocenters. The van der Waals surface area contributed by atoms with E-state index in [1.54, 1.807) is 12.1 Å². The van der Waals surface area contributed by atoms with E-state index >= 15 is 0 Å². The van der Waals surface area contributed by atoms with Crippen LogP contribution in [0.15, 0.2) is 72.8 Å². The highest BCUT2D eigenvalue weighted by molar-refractivity contribution is 5.87. The van der Waals surface area contributed by atoms with E-state index in [-0.39, 0.29) is 24.2 Å². The van der Waals surface area contributed by atoms with Crippen molar-refractivity contribution >= 4 is 16.8 Å². The minimum atomic E-state index is -0.253. The van der Waals surface area contributed by atoms with Gasteiger partial charge in [-0.05, 0) is 67.3 Å². The van der Waals surface area contributed by atoms with Crippen molar-refractivity contribution in [3.05, 3.63) is 101 Å². The highest BCUT2D eigenvalue weighted by atomic mass is 16.3. The number of nitrogens with zero attached hydrogens (tertiary/aromatic N) is 1. The fourth-order valence-electron chi connectivity index (χ4n) is 4.89. The number of benzene rings is 3. The first kappa shape index (κ1) is 21.3. The molecule has 1 unspecified atom stereocenters. The van der Waals surface area contributed by atoms with E-state index < -0.39 is 0 Å². The van der Waals surface area contributed by atoms with E-state index in [0.29, 0.717) is 6.54 Å². The number of aromatic hydroxyl groups is 1. The first-order valence-electron chi connectivity index (χ1n) is 11.5. The molecular formula is C28H29N3O2. The Hall–Kier alpha value is -3.57. The summed E-state index contributed by atoms with van der Waals surface area (Å²) in [4.78, 5) is 18.9. The molecule has 0 fully saturated rings. The van der Waals surface area contributed by atoms with Crippen molar-refractivity contribution < 1.29 is 9.90 Å². The Morgan fingerprint density at radius 2 is 1.94 bits per heavy atom. The monoisotopic (exact) mass is 439 g/mol. The Morgan fingerprint density at radius 3 is 2.76 bits per heavy atom. The van der Waals surface area contributed by atoms with E-state index in [4.69, 9.17) is 0 Å². The van der Waals surface area contributed by atoms with Gasteiger partial charge in [-0.15, -0.1) is 0 Å². The zero-order chi connectivity index (χ0) is 22.8. The second-order valence-corrected chi connectivity index (χ2v) is 8.81. The Labute approximate surface area is 194 Å². The number of hydrogen-bond acceptors (Lipinski definition) is 3. The third kappa shape index (κ3) is 4.37. The molecule has 1 aliphatic rings. The minimum Gasteiger partial charge on any atom is -0.508 e. The highest BCUT2D eigenvalue weighted by Crippen LogP contribution is 2.39. The summed E-state index contributed by atoms with van der Waals surface area (Å²) < 4.78 is 0. The number of hydrogen-bond donors (Lipinski definition) is 3. The number of phenolic OH excluding ortho intramolecular Hbond substituents is 1. The first-order valence-corrected chi connectivity index (χ1v) is 11.5. The molecule has 33 heavy (non-hydrogen) atoms.